The first-order valence-corrected chi connectivity index (χ1v) is 9.46. The zero-order valence-electron chi connectivity index (χ0n) is 16.9. The number of alkyl carbamates (subject to hydrolysis) is 1. The highest BCUT2D eigenvalue weighted by Gasteiger charge is 2.34. The zero-order valence-corrected chi connectivity index (χ0v) is 16.9. The minimum Gasteiger partial charge on any atom is -0.453 e. The van der Waals surface area contributed by atoms with Crippen LogP contribution in [0.4, 0.5) is 18.0 Å². The molecule has 2 atom stereocenters. The van der Waals surface area contributed by atoms with Crippen molar-refractivity contribution in [3.8, 4) is 0 Å². The molecule has 1 saturated heterocycles. The molecule has 5 nitrogen and oxygen atoms in total. The predicted octanol–water partition coefficient (Wildman–Crippen LogP) is 4.03. The molecule has 1 fully saturated rings. The normalized spacial score (nSPS) is 19.3. The summed E-state index contributed by atoms with van der Waals surface area (Å²) < 4.78 is 51.5. The Hall–Kier alpha value is -1.80. The minimum atomic E-state index is -1.49. The van der Waals surface area contributed by atoms with Crippen molar-refractivity contribution in [2.75, 3.05) is 33.4 Å². The van der Waals surface area contributed by atoms with Gasteiger partial charge < -0.3 is 14.8 Å². The fraction of sp³-hybridized carbons (Fsp3) is 0.650. The van der Waals surface area contributed by atoms with Gasteiger partial charge in [-0.25, -0.2) is 18.0 Å². The SMILES string of the molecule is COC(=O)NCCO[C@@H](c1cc(F)c(F)c(F)c1)[C@@H]1CCCN(C(C)(C)C)C1. The van der Waals surface area contributed by atoms with Gasteiger partial charge in [-0.05, 0) is 57.9 Å². The number of methoxy groups -OCH3 is 1. The Morgan fingerprint density at radius 3 is 2.50 bits per heavy atom. The summed E-state index contributed by atoms with van der Waals surface area (Å²) in [7, 11) is 1.26. The predicted molar refractivity (Wildman–Crippen MR) is 99.5 cm³/mol. The third-order valence-corrected chi connectivity index (χ3v) is 5.02. The molecule has 2 rings (SSSR count). The van der Waals surface area contributed by atoms with Gasteiger partial charge >= 0.3 is 6.09 Å². The first-order valence-electron chi connectivity index (χ1n) is 9.46. The summed E-state index contributed by atoms with van der Waals surface area (Å²) in [6, 6.07) is 1.99. The molecule has 1 aliphatic rings. The van der Waals surface area contributed by atoms with Gasteiger partial charge in [-0.15, -0.1) is 0 Å². The van der Waals surface area contributed by atoms with Crippen LogP contribution in [0.3, 0.4) is 0 Å². The Morgan fingerprint density at radius 1 is 1.29 bits per heavy atom. The summed E-state index contributed by atoms with van der Waals surface area (Å²) in [5, 5.41) is 2.50. The second-order valence-electron chi connectivity index (χ2n) is 8.03. The second-order valence-corrected chi connectivity index (χ2v) is 8.03. The van der Waals surface area contributed by atoms with Gasteiger partial charge in [-0.2, -0.15) is 0 Å². The quantitative estimate of drug-likeness (QED) is 0.577. The van der Waals surface area contributed by atoms with Crippen LogP contribution in [-0.4, -0.2) is 49.9 Å². The summed E-state index contributed by atoms with van der Waals surface area (Å²) in [5.41, 5.74) is 0.213. The second kappa shape index (κ2) is 9.60. The number of nitrogens with zero attached hydrogens (tertiary/aromatic N) is 1. The van der Waals surface area contributed by atoms with Crippen molar-refractivity contribution in [2.24, 2.45) is 5.92 Å². The molecule has 0 aromatic heterocycles. The van der Waals surface area contributed by atoms with Gasteiger partial charge in [0, 0.05) is 24.5 Å². The molecule has 158 valence electrons. The lowest BCUT2D eigenvalue weighted by Gasteiger charge is -2.43. The number of nitrogens with one attached hydrogen (secondary N) is 1. The standard InChI is InChI=1S/C20H29F3N2O3/c1-20(2,3)25-8-5-6-13(12-25)18(28-9-7-24-19(26)27-4)14-10-15(21)17(23)16(22)11-14/h10-11,13,18H,5-9,12H2,1-4H3,(H,24,26)/t13-,18-/m1/s1. The van der Waals surface area contributed by atoms with Crippen LogP contribution < -0.4 is 5.32 Å². The van der Waals surface area contributed by atoms with Crippen molar-refractivity contribution < 1.29 is 27.4 Å². The van der Waals surface area contributed by atoms with Gasteiger partial charge in [0.1, 0.15) is 0 Å². The largest absolute Gasteiger partial charge is 0.453 e. The van der Waals surface area contributed by atoms with Crippen molar-refractivity contribution in [3.05, 3.63) is 35.1 Å². The summed E-state index contributed by atoms with van der Waals surface area (Å²) >= 11 is 0. The number of benzene rings is 1. The molecule has 1 aliphatic heterocycles. The van der Waals surface area contributed by atoms with Crippen LogP contribution in [0.1, 0.15) is 45.3 Å². The van der Waals surface area contributed by atoms with Gasteiger partial charge in [0.05, 0.1) is 19.8 Å². The highest BCUT2D eigenvalue weighted by atomic mass is 19.2. The number of hydrogen-bond donors (Lipinski definition) is 1. The van der Waals surface area contributed by atoms with Crippen molar-refractivity contribution >= 4 is 6.09 Å². The van der Waals surface area contributed by atoms with Gasteiger partial charge in [0.25, 0.3) is 0 Å². The summed E-state index contributed by atoms with van der Waals surface area (Å²) in [6.07, 6.45) is 0.543. The van der Waals surface area contributed by atoms with Crippen LogP contribution >= 0.6 is 0 Å². The van der Waals surface area contributed by atoms with Crippen molar-refractivity contribution in [1.29, 1.82) is 0 Å². The fourth-order valence-corrected chi connectivity index (χ4v) is 3.52. The summed E-state index contributed by atoms with van der Waals surface area (Å²) in [5.74, 6) is -3.98. The van der Waals surface area contributed by atoms with E-state index in [9.17, 15) is 18.0 Å². The summed E-state index contributed by atoms with van der Waals surface area (Å²) in [6.45, 7) is 8.29. The molecular weight excluding hydrogens is 373 g/mol. The molecule has 0 spiro atoms. The zero-order chi connectivity index (χ0) is 20.9. The number of piperidine rings is 1. The smallest absolute Gasteiger partial charge is 0.406 e. The van der Waals surface area contributed by atoms with E-state index < -0.39 is 29.6 Å². The highest BCUT2D eigenvalue weighted by Crippen LogP contribution is 2.36. The van der Waals surface area contributed by atoms with Crippen molar-refractivity contribution in [2.45, 2.75) is 45.3 Å². The van der Waals surface area contributed by atoms with Crippen LogP contribution in [0.2, 0.25) is 0 Å². The van der Waals surface area contributed by atoms with Gasteiger partial charge in [-0.1, -0.05) is 0 Å². The first kappa shape index (κ1) is 22.5. The molecule has 0 radical (unpaired) electrons. The Balaban J connectivity index is 2.19. The number of amides is 1. The molecule has 0 saturated carbocycles. The number of likely N-dealkylation sites (tertiary alicyclic amines) is 1. The average Bonchev–Trinajstić information content (AvgIpc) is 2.65. The van der Waals surface area contributed by atoms with Crippen LogP contribution in [0.15, 0.2) is 12.1 Å². The average molecular weight is 402 g/mol. The Labute approximate surface area is 164 Å². The molecule has 1 heterocycles. The Morgan fingerprint density at radius 2 is 1.93 bits per heavy atom. The highest BCUT2D eigenvalue weighted by molar-refractivity contribution is 5.66. The summed E-state index contributed by atoms with van der Waals surface area (Å²) in [4.78, 5) is 13.5. The molecule has 0 bridgehead atoms. The van der Waals surface area contributed by atoms with E-state index in [4.69, 9.17) is 4.74 Å². The van der Waals surface area contributed by atoms with E-state index in [0.29, 0.717) is 6.54 Å². The monoisotopic (exact) mass is 402 g/mol. The lowest BCUT2D eigenvalue weighted by atomic mass is 9.86. The van der Waals surface area contributed by atoms with Crippen molar-refractivity contribution in [3.63, 3.8) is 0 Å². The lowest BCUT2D eigenvalue weighted by molar-refractivity contribution is -0.0304. The molecule has 1 aromatic carbocycles. The maximum Gasteiger partial charge on any atom is 0.406 e. The number of halogens is 3. The maximum atomic E-state index is 13.8. The van der Waals surface area contributed by atoms with Crippen LogP contribution in [0.25, 0.3) is 0 Å². The fourth-order valence-electron chi connectivity index (χ4n) is 3.52. The molecule has 1 N–H and O–H groups in total. The topological polar surface area (TPSA) is 50.8 Å². The van der Waals surface area contributed by atoms with E-state index in [1.54, 1.807) is 0 Å². The number of carbonyl (C=O) groups excluding carboxylic acids is 1. The van der Waals surface area contributed by atoms with Gasteiger partial charge in [-0.3, -0.25) is 4.90 Å². The first-order chi connectivity index (χ1) is 13.1. The Bertz CT molecular complexity index is 656. The van der Waals surface area contributed by atoms with E-state index in [-0.39, 0.29) is 30.2 Å². The number of carbonyl (C=O) groups is 1. The van der Waals surface area contributed by atoms with E-state index in [0.717, 1.165) is 31.5 Å². The van der Waals surface area contributed by atoms with Gasteiger partial charge in [0.2, 0.25) is 0 Å². The maximum absolute atomic E-state index is 13.8. The van der Waals surface area contributed by atoms with Crippen LogP contribution in [0, 0.1) is 23.4 Å². The molecule has 1 aromatic rings. The van der Waals surface area contributed by atoms with E-state index in [1.807, 2.05) is 0 Å². The third-order valence-electron chi connectivity index (χ3n) is 5.02. The van der Waals surface area contributed by atoms with E-state index in [2.05, 4.69) is 35.7 Å². The Kier molecular flexibility index (Phi) is 7.71. The molecular formula is C20H29F3N2O3. The van der Waals surface area contributed by atoms with E-state index >= 15 is 0 Å². The number of hydrogen-bond acceptors (Lipinski definition) is 4. The lowest BCUT2D eigenvalue weighted by Crippen LogP contribution is -2.48. The molecule has 0 aliphatic carbocycles. The van der Waals surface area contributed by atoms with Crippen LogP contribution in [0.5, 0.6) is 0 Å². The number of ether oxygens (including phenoxy) is 2. The molecule has 8 heteroatoms. The van der Waals surface area contributed by atoms with Gasteiger partial charge in [0.15, 0.2) is 17.5 Å². The number of rotatable bonds is 6. The third kappa shape index (κ3) is 5.85. The molecule has 28 heavy (non-hydrogen) atoms. The van der Waals surface area contributed by atoms with E-state index in [1.165, 1.54) is 7.11 Å². The molecule has 1 amide bonds. The minimum absolute atomic E-state index is 0.0182. The van der Waals surface area contributed by atoms with Crippen molar-refractivity contribution in [1.82, 2.24) is 10.2 Å². The van der Waals surface area contributed by atoms with Crippen LogP contribution in [-0.2, 0) is 9.47 Å². The molecule has 0 unspecified atom stereocenters.